The summed E-state index contributed by atoms with van der Waals surface area (Å²) in [7, 11) is 4.11. The second-order valence-corrected chi connectivity index (χ2v) is 7.47. The van der Waals surface area contributed by atoms with Crippen LogP contribution in [0.15, 0.2) is 48.5 Å². The summed E-state index contributed by atoms with van der Waals surface area (Å²) in [5.74, 6) is -0.249. The van der Waals surface area contributed by atoms with Crippen molar-refractivity contribution in [3.05, 3.63) is 70.4 Å². The number of aliphatic hydroxyl groups is 1. The Morgan fingerprint density at radius 3 is 2.50 bits per heavy atom. The first-order chi connectivity index (χ1) is 11.5. The highest BCUT2D eigenvalue weighted by molar-refractivity contribution is 7.19. The van der Waals surface area contributed by atoms with E-state index in [1.165, 1.54) is 21.7 Å². The predicted octanol–water partition coefficient (Wildman–Crippen LogP) is 4.42. The van der Waals surface area contributed by atoms with E-state index in [1.54, 1.807) is 23.5 Å². The first kappa shape index (κ1) is 17.1. The Morgan fingerprint density at radius 2 is 1.79 bits per heavy atom. The third kappa shape index (κ3) is 3.83. The number of fused-ring (bicyclic) bond motifs is 1. The minimum Gasteiger partial charge on any atom is -0.388 e. The molecule has 0 aliphatic rings. The van der Waals surface area contributed by atoms with Gasteiger partial charge in [0.05, 0.1) is 6.10 Å². The van der Waals surface area contributed by atoms with Crippen LogP contribution in [0.3, 0.4) is 0 Å². The van der Waals surface area contributed by atoms with Gasteiger partial charge < -0.3 is 10.0 Å². The third-order valence-corrected chi connectivity index (χ3v) is 5.42. The highest BCUT2D eigenvalue weighted by Gasteiger charge is 2.19. The molecule has 0 bridgehead atoms. The standard InChI is InChI=1S/C20H22FNOS/c1-22(2)12-11-19-20(16-5-3-4-6-18(16)24-19)17(23)13-14-7-9-15(21)10-8-14/h3-10,17,23H,11-13H2,1-2H3. The van der Waals surface area contributed by atoms with Crippen molar-refractivity contribution in [1.82, 2.24) is 4.90 Å². The SMILES string of the molecule is CN(C)CCc1sc2ccccc2c1C(O)Cc1ccc(F)cc1. The van der Waals surface area contributed by atoms with Gasteiger partial charge in [-0.3, -0.25) is 0 Å². The number of nitrogens with zero attached hydrogens (tertiary/aromatic N) is 1. The van der Waals surface area contributed by atoms with E-state index in [0.29, 0.717) is 6.42 Å². The Labute approximate surface area is 146 Å². The van der Waals surface area contributed by atoms with Crippen molar-refractivity contribution in [2.75, 3.05) is 20.6 Å². The van der Waals surface area contributed by atoms with Crippen LogP contribution in [0.5, 0.6) is 0 Å². The zero-order valence-electron chi connectivity index (χ0n) is 14.0. The molecule has 3 aromatic rings. The molecule has 1 unspecified atom stereocenters. The number of halogens is 1. The van der Waals surface area contributed by atoms with E-state index in [0.717, 1.165) is 29.5 Å². The fourth-order valence-electron chi connectivity index (χ4n) is 2.94. The van der Waals surface area contributed by atoms with Gasteiger partial charge in [-0.25, -0.2) is 4.39 Å². The maximum absolute atomic E-state index is 13.1. The molecule has 0 spiro atoms. The maximum atomic E-state index is 13.1. The van der Waals surface area contributed by atoms with Gasteiger partial charge in [-0.05, 0) is 49.7 Å². The lowest BCUT2D eigenvalue weighted by Crippen LogP contribution is -2.15. The molecule has 1 N–H and O–H groups in total. The van der Waals surface area contributed by atoms with Crippen molar-refractivity contribution in [2.24, 2.45) is 0 Å². The fraction of sp³-hybridized carbons (Fsp3) is 0.300. The number of hydrogen-bond donors (Lipinski definition) is 1. The number of rotatable bonds is 6. The molecule has 126 valence electrons. The molecule has 0 aliphatic carbocycles. The monoisotopic (exact) mass is 343 g/mol. The van der Waals surface area contributed by atoms with Crippen LogP contribution >= 0.6 is 11.3 Å². The van der Waals surface area contributed by atoms with Gasteiger partial charge in [-0.15, -0.1) is 11.3 Å². The first-order valence-electron chi connectivity index (χ1n) is 8.12. The van der Waals surface area contributed by atoms with Crippen molar-refractivity contribution < 1.29 is 9.50 Å². The smallest absolute Gasteiger partial charge is 0.123 e. The molecular formula is C20H22FNOS. The molecule has 0 saturated carbocycles. The van der Waals surface area contributed by atoms with Crippen LogP contribution in [0.1, 0.15) is 22.1 Å². The fourth-order valence-corrected chi connectivity index (χ4v) is 4.19. The van der Waals surface area contributed by atoms with Gasteiger partial charge in [0.1, 0.15) is 5.82 Å². The highest BCUT2D eigenvalue weighted by atomic mass is 32.1. The van der Waals surface area contributed by atoms with Gasteiger partial charge in [0.25, 0.3) is 0 Å². The Bertz CT molecular complexity index is 810. The van der Waals surface area contributed by atoms with E-state index < -0.39 is 6.10 Å². The van der Waals surface area contributed by atoms with Gasteiger partial charge in [0.15, 0.2) is 0 Å². The lowest BCUT2D eigenvalue weighted by atomic mass is 9.98. The molecule has 1 atom stereocenters. The van der Waals surface area contributed by atoms with Crippen LogP contribution in [-0.4, -0.2) is 30.6 Å². The molecule has 1 aromatic heterocycles. The maximum Gasteiger partial charge on any atom is 0.123 e. The molecule has 4 heteroatoms. The summed E-state index contributed by atoms with van der Waals surface area (Å²) in [4.78, 5) is 3.39. The zero-order valence-corrected chi connectivity index (χ0v) is 14.8. The Morgan fingerprint density at radius 1 is 1.08 bits per heavy atom. The molecule has 24 heavy (non-hydrogen) atoms. The Hall–Kier alpha value is -1.75. The molecule has 0 amide bonds. The van der Waals surface area contributed by atoms with E-state index >= 15 is 0 Å². The summed E-state index contributed by atoms with van der Waals surface area (Å²) in [5, 5.41) is 12.0. The van der Waals surface area contributed by atoms with Crippen LogP contribution in [-0.2, 0) is 12.8 Å². The summed E-state index contributed by atoms with van der Waals surface area (Å²) < 4.78 is 14.3. The normalized spacial score (nSPS) is 12.9. The summed E-state index contributed by atoms with van der Waals surface area (Å²) in [6.45, 7) is 0.948. The molecule has 1 heterocycles. The molecule has 0 fully saturated rings. The summed E-state index contributed by atoms with van der Waals surface area (Å²) >= 11 is 1.76. The zero-order chi connectivity index (χ0) is 17.1. The average molecular weight is 343 g/mol. The minimum atomic E-state index is -0.580. The summed E-state index contributed by atoms with van der Waals surface area (Å²) in [6.07, 6.45) is 0.835. The van der Waals surface area contributed by atoms with Gasteiger partial charge in [0.2, 0.25) is 0 Å². The quantitative estimate of drug-likeness (QED) is 0.716. The summed E-state index contributed by atoms with van der Waals surface area (Å²) in [6, 6.07) is 14.6. The van der Waals surface area contributed by atoms with Crippen LogP contribution in [0.4, 0.5) is 4.39 Å². The molecule has 0 saturated heterocycles. The first-order valence-corrected chi connectivity index (χ1v) is 8.94. The van der Waals surface area contributed by atoms with E-state index in [1.807, 2.05) is 12.1 Å². The van der Waals surface area contributed by atoms with Crippen LogP contribution in [0.25, 0.3) is 10.1 Å². The number of benzene rings is 2. The van der Waals surface area contributed by atoms with Crippen molar-refractivity contribution in [2.45, 2.75) is 18.9 Å². The van der Waals surface area contributed by atoms with Crippen molar-refractivity contribution in [3.63, 3.8) is 0 Å². The number of hydrogen-bond acceptors (Lipinski definition) is 3. The lowest BCUT2D eigenvalue weighted by Gasteiger charge is -2.15. The largest absolute Gasteiger partial charge is 0.388 e. The predicted molar refractivity (Wildman–Crippen MR) is 99.1 cm³/mol. The second kappa shape index (κ2) is 7.43. The average Bonchev–Trinajstić information content (AvgIpc) is 2.93. The van der Waals surface area contributed by atoms with Gasteiger partial charge in [-0.1, -0.05) is 30.3 Å². The van der Waals surface area contributed by atoms with Crippen LogP contribution in [0.2, 0.25) is 0 Å². The molecule has 2 nitrogen and oxygen atoms in total. The van der Waals surface area contributed by atoms with E-state index in [-0.39, 0.29) is 5.82 Å². The Balaban J connectivity index is 1.92. The number of likely N-dealkylation sites (N-methyl/N-ethyl adjacent to an activating group) is 1. The number of aliphatic hydroxyl groups excluding tert-OH is 1. The number of thiophene rings is 1. The van der Waals surface area contributed by atoms with Crippen LogP contribution < -0.4 is 0 Å². The van der Waals surface area contributed by atoms with Gasteiger partial charge in [0, 0.05) is 28.1 Å². The van der Waals surface area contributed by atoms with Crippen molar-refractivity contribution in [1.29, 1.82) is 0 Å². The van der Waals surface area contributed by atoms with Crippen molar-refractivity contribution >= 4 is 21.4 Å². The minimum absolute atomic E-state index is 0.249. The molecule has 0 aliphatic heterocycles. The molecule has 2 aromatic carbocycles. The van der Waals surface area contributed by atoms with Gasteiger partial charge in [-0.2, -0.15) is 0 Å². The lowest BCUT2D eigenvalue weighted by molar-refractivity contribution is 0.179. The summed E-state index contributed by atoms with van der Waals surface area (Å²) in [5.41, 5.74) is 1.97. The van der Waals surface area contributed by atoms with Crippen LogP contribution in [0, 0.1) is 5.82 Å². The molecule has 3 rings (SSSR count). The topological polar surface area (TPSA) is 23.5 Å². The third-order valence-electron chi connectivity index (χ3n) is 4.17. The molecule has 0 radical (unpaired) electrons. The highest BCUT2D eigenvalue weighted by Crippen LogP contribution is 2.37. The van der Waals surface area contributed by atoms with E-state index in [2.05, 4.69) is 31.1 Å². The second-order valence-electron chi connectivity index (χ2n) is 6.33. The Kier molecular flexibility index (Phi) is 5.29. The van der Waals surface area contributed by atoms with Gasteiger partial charge >= 0.3 is 0 Å². The van der Waals surface area contributed by atoms with Crippen molar-refractivity contribution in [3.8, 4) is 0 Å². The van der Waals surface area contributed by atoms with E-state index in [9.17, 15) is 9.50 Å². The van der Waals surface area contributed by atoms with E-state index in [4.69, 9.17) is 0 Å². The molecular weight excluding hydrogens is 321 g/mol.